The summed E-state index contributed by atoms with van der Waals surface area (Å²) in [6.07, 6.45) is 4.02. The molecular weight excluding hydrogens is 442 g/mol. The van der Waals surface area contributed by atoms with Gasteiger partial charge >= 0.3 is 0 Å². The van der Waals surface area contributed by atoms with Crippen molar-refractivity contribution in [3.05, 3.63) is 73.3 Å². The largest absolute Gasteiger partial charge is 0.407 e. The summed E-state index contributed by atoms with van der Waals surface area (Å²) in [5.74, 6) is 1.12. The molecule has 1 aliphatic rings. The molecule has 0 bridgehead atoms. The van der Waals surface area contributed by atoms with Gasteiger partial charge in [-0.15, -0.1) is 6.58 Å². The zero-order valence-corrected chi connectivity index (χ0v) is 23.0. The first kappa shape index (κ1) is 26.1. The van der Waals surface area contributed by atoms with E-state index in [1.54, 1.807) is 0 Å². The average molecular weight is 484 g/mol. The van der Waals surface area contributed by atoms with Gasteiger partial charge in [0.1, 0.15) is 0 Å². The summed E-state index contributed by atoms with van der Waals surface area (Å²) in [5.41, 5.74) is 0. The van der Waals surface area contributed by atoms with Crippen LogP contribution in [0.2, 0.25) is 5.04 Å². The van der Waals surface area contributed by atoms with Gasteiger partial charge in [0.05, 0.1) is 15.7 Å². The topological polar surface area (TPSA) is 38.3 Å². The molecule has 0 radical (unpaired) electrons. The molecule has 0 saturated heterocycles. The van der Waals surface area contributed by atoms with Gasteiger partial charge < -0.3 is 4.43 Å². The minimum atomic E-state index is -2.49. The highest BCUT2D eigenvalue weighted by Gasteiger charge is 2.51. The Morgan fingerprint density at radius 2 is 1.52 bits per heavy atom. The Hall–Kier alpha value is -1.53. The highest BCUT2D eigenvalue weighted by Crippen LogP contribution is 2.44. The van der Waals surface area contributed by atoms with Crippen molar-refractivity contribution in [2.24, 2.45) is 11.8 Å². The molecule has 0 amide bonds. The fourth-order valence-corrected chi connectivity index (χ4v) is 10.1. The highest BCUT2D eigenvalue weighted by molar-refractivity contribution is 7.84. The molecule has 2 aromatic rings. The van der Waals surface area contributed by atoms with Crippen LogP contribution < -0.4 is 15.1 Å². The zero-order chi connectivity index (χ0) is 24.3. The SMILES string of the molecule is C=C[C@@H](C[C@H]1C[C@@H]1CO[Si](c1ccccc1)(c1ccccc1)C(C)(C)C)NS(=O)C(C)(C)C. The third-order valence-corrected chi connectivity index (χ3v) is 13.3. The van der Waals surface area contributed by atoms with E-state index in [0.717, 1.165) is 19.4 Å². The van der Waals surface area contributed by atoms with Crippen molar-refractivity contribution in [1.82, 2.24) is 4.72 Å². The molecule has 1 unspecified atom stereocenters. The van der Waals surface area contributed by atoms with E-state index in [-0.39, 0.29) is 15.8 Å². The third-order valence-electron chi connectivity index (χ3n) is 6.66. The van der Waals surface area contributed by atoms with Crippen LogP contribution in [0.4, 0.5) is 0 Å². The third kappa shape index (κ3) is 6.13. The van der Waals surface area contributed by atoms with Crippen molar-refractivity contribution >= 4 is 29.7 Å². The van der Waals surface area contributed by atoms with Crippen LogP contribution in [0.1, 0.15) is 54.4 Å². The molecule has 1 fully saturated rings. The van der Waals surface area contributed by atoms with Crippen molar-refractivity contribution in [3.63, 3.8) is 0 Å². The Morgan fingerprint density at radius 1 is 1.00 bits per heavy atom. The van der Waals surface area contributed by atoms with E-state index < -0.39 is 19.3 Å². The Bertz CT molecular complexity index is 894. The van der Waals surface area contributed by atoms with E-state index in [1.165, 1.54) is 10.4 Å². The first-order valence-electron chi connectivity index (χ1n) is 12.0. The first-order chi connectivity index (χ1) is 15.5. The summed E-state index contributed by atoms with van der Waals surface area (Å²) in [6.45, 7) is 17.7. The van der Waals surface area contributed by atoms with Crippen molar-refractivity contribution in [2.45, 2.75) is 70.2 Å². The molecule has 1 aliphatic carbocycles. The van der Waals surface area contributed by atoms with Gasteiger partial charge in [0.25, 0.3) is 8.32 Å². The molecule has 5 heteroatoms. The molecule has 0 aromatic heterocycles. The van der Waals surface area contributed by atoms with Gasteiger partial charge in [-0.2, -0.15) is 0 Å². The maximum absolute atomic E-state index is 12.5. The zero-order valence-electron chi connectivity index (χ0n) is 21.1. The maximum atomic E-state index is 12.5. The standard InChI is InChI=1S/C28H41NO2SSi/c1-8-24(29-32(30)27(2,3)4)20-22-19-23(22)21-31-33(28(5,6)7,25-15-11-9-12-16-25)26-17-13-10-14-18-26/h8-18,22-24,29H,1,19-21H2,2-7H3/t22-,23-,24+,32?/m1/s1. The normalized spacial score (nSPS) is 20.8. The van der Waals surface area contributed by atoms with Gasteiger partial charge in [0.15, 0.2) is 0 Å². The molecule has 4 atom stereocenters. The molecule has 3 nitrogen and oxygen atoms in total. The summed E-state index contributed by atoms with van der Waals surface area (Å²) in [7, 11) is -3.58. The molecular formula is C28H41NO2SSi. The Balaban J connectivity index is 1.76. The Morgan fingerprint density at radius 3 is 1.94 bits per heavy atom. The molecule has 180 valence electrons. The van der Waals surface area contributed by atoms with E-state index in [1.807, 2.05) is 26.8 Å². The highest BCUT2D eigenvalue weighted by atomic mass is 32.2. The van der Waals surface area contributed by atoms with Crippen LogP contribution in [-0.2, 0) is 15.4 Å². The van der Waals surface area contributed by atoms with E-state index in [9.17, 15) is 4.21 Å². The van der Waals surface area contributed by atoms with Crippen LogP contribution in [-0.4, -0.2) is 29.9 Å². The van der Waals surface area contributed by atoms with Gasteiger partial charge in [-0.3, -0.25) is 0 Å². The number of hydrogen-bond acceptors (Lipinski definition) is 2. The minimum Gasteiger partial charge on any atom is -0.407 e. The maximum Gasteiger partial charge on any atom is 0.261 e. The lowest BCUT2D eigenvalue weighted by atomic mass is 10.1. The summed E-state index contributed by atoms with van der Waals surface area (Å²) in [6, 6.07) is 21.7. The van der Waals surface area contributed by atoms with E-state index >= 15 is 0 Å². The van der Waals surface area contributed by atoms with Crippen LogP contribution in [0.5, 0.6) is 0 Å². The van der Waals surface area contributed by atoms with E-state index in [2.05, 4.69) is 92.7 Å². The van der Waals surface area contributed by atoms with Gasteiger partial charge in [-0.1, -0.05) is 87.5 Å². The van der Waals surface area contributed by atoms with Crippen molar-refractivity contribution < 1.29 is 8.63 Å². The van der Waals surface area contributed by atoms with E-state index in [4.69, 9.17) is 4.43 Å². The van der Waals surface area contributed by atoms with Gasteiger partial charge in [0, 0.05) is 12.6 Å². The van der Waals surface area contributed by atoms with Crippen LogP contribution >= 0.6 is 0 Å². The summed E-state index contributed by atoms with van der Waals surface area (Å²) in [5, 5.41) is 2.65. The molecule has 0 aliphatic heterocycles. The molecule has 1 saturated carbocycles. The lowest BCUT2D eigenvalue weighted by Gasteiger charge is -2.43. The number of hydrogen-bond donors (Lipinski definition) is 1. The lowest BCUT2D eigenvalue weighted by Crippen LogP contribution is -2.66. The summed E-state index contributed by atoms with van der Waals surface area (Å²) < 4.78 is 22.6. The molecule has 2 aromatic carbocycles. The number of benzene rings is 2. The van der Waals surface area contributed by atoms with Gasteiger partial charge in [-0.05, 0) is 60.9 Å². The predicted octanol–water partition coefficient (Wildman–Crippen LogP) is 5.20. The second-order valence-electron chi connectivity index (χ2n) is 11.3. The quantitative estimate of drug-likeness (QED) is 0.373. The van der Waals surface area contributed by atoms with E-state index in [0.29, 0.717) is 11.8 Å². The van der Waals surface area contributed by atoms with Crippen LogP contribution in [0.15, 0.2) is 73.3 Å². The van der Waals surface area contributed by atoms with Crippen molar-refractivity contribution in [2.75, 3.05) is 6.61 Å². The smallest absolute Gasteiger partial charge is 0.261 e. The summed E-state index contributed by atoms with van der Waals surface area (Å²) >= 11 is 0. The van der Waals surface area contributed by atoms with Crippen LogP contribution in [0, 0.1) is 11.8 Å². The van der Waals surface area contributed by atoms with Gasteiger partial charge in [0.2, 0.25) is 0 Å². The molecule has 1 N–H and O–H groups in total. The Kier molecular flexibility index (Phi) is 8.21. The molecule has 0 spiro atoms. The molecule has 0 heterocycles. The van der Waals surface area contributed by atoms with Gasteiger partial charge in [-0.25, -0.2) is 8.93 Å². The lowest BCUT2D eigenvalue weighted by molar-refractivity contribution is 0.272. The number of rotatable bonds is 10. The Labute approximate surface area is 204 Å². The fraction of sp³-hybridized carbons (Fsp3) is 0.500. The second kappa shape index (κ2) is 10.4. The monoisotopic (exact) mass is 483 g/mol. The minimum absolute atomic E-state index is 0.00505. The first-order valence-corrected chi connectivity index (χ1v) is 15.1. The average Bonchev–Trinajstić information content (AvgIpc) is 3.51. The van der Waals surface area contributed by atoms with Crippen LogP contribution in [0.25, 0.3) is 0 Å². The predicted molar refractivity (Wildman–Crippen MR) is 145 cm³/mol. The fourth-order valence-electron chi connectivity index (χ4n) is 4.63. The number of nitrogens with one attached hydrogen (secondary N) is 1. The van der Waals surface area contributed by atoms with Crippen molar-refractivity contribution in [1.29, 1.82) is 0 Å². The van der Waals surface area contributed by atoms with Crippen LogP contribution in [0.3, 0.4) is 0 Å². The van der Waals surface area contributed by atoms with Crippen molar-refractivity contribution in [3.8, 4) is 0 Å². The molecule has 33 heavy (non-hydrogen) atoms. The second-order valence-corrected chi connectivity index (χ2v) is 17.6. The summed E-state index contributed by atoms with van der Waals surface area (Å²) in [4.78, 5) is 0. The molecule has 3 rings (SSSR count).